The van der Waals surface area contributed by atoms with E-state index >= 15 is 0 Å². The molecule has 0 aliphatic carbocycles. The molecule has 1 fully saturated rings. The van der Waals surface area contributed by atoms with Crippen LogP contribution in [-0.4, -0.2) is 81.3 Å². The highest BCUT2D eigenvalue weighted by Crippen LogP contribution is 2.24. The van der Waals surface area contributed by atoms with Crippen LogP contribution in [0.3, 0.4) is 0 Å². The normalized spacial score (nSPS) is 36.8. The molecule has 8 nitrogen and oxygen atoms in total. The topological polar surface area (TPSA) is 137 Å². The fraction of sp³-hybridized carbons (Fsp3) is 0.909. The Morgan fingerprint density at radius 3 is 2.32 bits per heavy atom. The summed E-state index contributed by atoms with van der Waals surface area (Å²) in [4.78, 5) is 11.2. The van der Waals surface area contributed by atoms with Gasteiger partial charge in [0.2, 0.25) is 0 Å². The lowest BCUT2D eigenvalue weighted by Gasteiger charge is -2.40. The average molecular weight is 280 g/mol. The molecule has 1 heterocycles. The van der Waals surface area contributed by atoms with Gasteiger partial charge in [-0.2, -0.15) is 0 Å². The van der Waals surface area contributed by atoms with Gasteiger partial charge in [0.25, 0.3) is 0 Å². The molecule has 1 rings (SSSR count). The summed E-state index contributed by atoms with van der Waals surface area (Å²) in [5.74, 6) is -0.862. The zero-order chi connectivity index (χ0) is 14.6. The van der Waals surface area contributed by atoms with Crippen LogP contribution in [-0.2, 0) is 14.3 Å². The molecule has 1 unspecified atom stereocenters. The maximum atomic E-state index is 11.2. The lowest BCUT2D eigenvalue weighted by molar-refractivity contribution is -0.234. The number of esters is 1. The molecule has 6 atom stereocenters. The quantitative estimate of drug-likeness (QED) is 0.339. The third-order valence-corrected chi connectivity index (χ3v) is 3.01. The SMILES string of the molecule is CCOC(=O)C(O)C[C@@H]1O[C@H](CO)[C@H](O)[C@H](O)[C@H]1O. The van der Waals surface area contributed by atoms with Crippen molar-refractivity contribution >= 4 is 5.97 Å². The monoisotopic (exact) mass is 280 g/mol. The van der Waals surface area contributed by atoms with E-state index in [4.69, 9.17) is 9.84 Å². The van der Waals surface area contributed by atoms with E-state index in [1.165, 1.54) is 0 Å². The Morgan fingerprint density at radius 2 is 1.79 bits per heavy atom. The first-order valence-corrected chi connectivity index (χ1v) is 6.07. The number of carbonyl (C=O) groups is 1. The largest absolute Gasteiger partial charge is 0.464 e. The van der Waals surface area contributed by atoms with Gasteiger partial charge in [-0.05, 0) is 6.92 Å². The summed E-state index contributed by atoms with van der Waals surface area (Å²) in [7, 11) is 0. The number of aliphatic hydroxyl groups excluding tert-OH is 5. The van der Waals surface area contributed by atoms with Crippen molar-refractivity contribution in [1.82, 2.24) is 0 Å². The Balaban J connectivity index is 2.63. The fourth-order valence-corrected chi connectivity index (χ4v) is 1.93. The first-order valence-electron chi connectivity index (χ1n) is 6.07. The van der Waals surface area contributed by atoms with E-state index in [-0.39, 0.29) is 13.0 Å². The summed E-state index contributed by atoms with van der Waals surface area (Å²) < 4.78 is 9.75. The molecule has 0 radical (unpaired) electrons. The van der Waals surface area contributed by atoms with Gasteiger partial charge in [-0.3, -0.25) is 0 Å². The number of aliphatic hydroxyl groups is 5. The smallest absolute Gasteiger partial charge is 0.335 e. The number of ether oxygens (including phenoxy) is 2. The van der Waals surface area contributed by atoms with E-state index in [1.807, 2.05) is 0 Å². The molecule has 0 bridgehead atoms. The molecule has 1 saturated heterocycles. The Morgan fingerprint density at radius 1 is 1.21 bits per heavy atom. The Bertz CT molecular complexity index is 294. The van der Waals surface area contributed by atoms with Crippen LogP contribution in [0.2, 0.25) is 0 Å². The van der Waals surface area contributed by atoms with Crippen LogP contribution in [0.15, 0.2) is 0 Å². The van der Waals surface area contributed by atoms with Crippen molar-refractivity contribution in [2.24, 2.45) is 0 Å². The molecule has 0 aromatic rings. The molecule has 0 aromatic carbocycles. The summed E-state index contributed by atoms with van der Waals surface area (Å²) in [6, 6.07) is 0. The molecular weight excluding hydrogens is 260 g/mol. The van der Waals surface area contributed by atoms with Gasteiger partial charge in [0.15, 0.2) is 6.10 Å². The second-order valence-corrected chi connectivity index (χ2v) is 4.37. The van der Waals surface area contributed by atoms with Gasteiger partial charge >= 0.3 is 5.97 Å². The van der Waals surface area contributed by atoms with Crippen molar-refractivity contribution in [3.05, 3.63) is 0 Å². The van der Waals surface area contributed by atoms with Crippen LogP contribution in [0.4, 0.5) is 0 Å². The van der Waals surface area contributed by atoms with Crippen molar-refractivity contribution in [3.63, 3.8) is 0 Å². The number of hydrogen-bond donors (Lipinski definition) is 5. The average Bonchev–Trinajstić information content (AvgIpc) is 2.39. The van der Waals surface area contributed by atoms with Crippen LogP contribution in [0, 0.1) is 0 Å². The van der Waals surface area contributed by atoms with E-state index < -0.39 is 49.2 Å². The van der Waals surface area contributed by atoms with Crippen LogP contribution < -0.4 is 0 Å². The van der Waals surface area contributed by atoms with E-state index in [2.05, 4.69) is 4.74 Å². The Hall–Kier alpha value is -0.770. The van der Waals surface area contributed by atoms with Gasteiger partial charge in [-0.25, -0.2) is 4.79 Å². The van der Waals surface area contributed by atoms with Gasteiger partial charge < -0.3 is 35.0 Å². The summed E-state index contributed by atoms with van der Waals surface area (Å²) in [5, 5.41) is 47.3. The van der Waals surface area contributed by atoms with Gasteiger partial charge in [0, 0.05) is 6.42 Å². The number of rotatable bonds is 5. The summed E-state index contributed by atoms with van der Waals surface area (Å²) in [6.45, 7) is 1.13. The van der Waals surface area contributed by atoms with E-state index in [1.54, 1.807) is 6.92 Å². The lowest BCUT2D eigenvalue weighted by atomic mass is 9.92. The molecule has 0 aromatic heterocycles. The van der Waals surface area contributed by atoms with Crippen molar-refractivity contribution in [2.45, 2.75) is 50.0 Å². The first kappa shape index (κ1) is 16.3. The minimum Gasteiger partial charge on any atom is -0.464 e. The van der Waals surface area contributed by atoms with Gasteiger partial charge in [-0.15, -0.1) is 0 Å². The Labute approximate surface area is 110 Å². The van der Waals surface area contributed by atoms with Crippen LogP contribution >= 0.6 is 0 Å². The number of hydrogen-bond acceptors (Lipinski definition) is 8. The molecule has 0 amide bonds. The predicted octanol–water partition coefficient (Wildman–Crippen LogP) is -2.86. The summed E-state index contributed by atoms with van der Waals surface area (Å²) >= 11 is 0. The van der Waals surface area contributed by atoms with Gasteiger partial charge in [0.05, 0.1) is 19.3 Å². The minimum absolute atomic E-state index is 0.102. The molecule has 5 N–H and O–H groups in total. The molecular formula is C11H20O8. The summed E-state index contributed by atoms with van der Waals surface area (Å²) in [5.41, 5.74) is 0. The van der Waals surface area contributed by atoms with E-state index in [9.17, 15) is 25.2 Å². The van der Waals surface area contributed by atoms with Gasteiger partial charge in [-0.1, -0.05) is 0 Å². The standard InChI is InChI=1S/C11H20O8/c1-2-18-11(17)5(13)3-6-8(14)10(16)9(15)7(4-12)19-6/h5-10,12-16H,2-4H2,1H3/t5?,6-,7+,8-,9-,10+/m0/s1. The highest BCUT2D eigenvalue weighted by molar-refractivity contribution is 5.74. The maximum absolute atomic E-state index is 11.2. The molecule has 0 spiro atoms. The fourth-order valence-electron chi connectivity index (χ4n) is 1.93. The third kappa shape index (κ3) is 3.85. The van der Waals surface area contributed by atoms with Crippen molar-refractivity contribution in [2.75, 3.05) is 13.2 Å². The molecule has 8 heteroatoms. The zero-order valence-electron chi connectivity index (χ0n) is 10.5. The highest BCUT2D eigenvalue weighted by Gasteiger charge is 2.44. The van der Waals surface area contributed by atoms with Crippen LogP contribution in [0.5, 0.6) is 0 Å². The third-order valence-electron chi connectivity index (χ3n) is 3.01. The molecule has 1 aliphatic rings. The van der Waals surface area contributed by atoms with Crippen molar-refractivity contribution in [1.29, 1.82) is 0 Å². The summed E-state index contributed by atoms with van der Waals surface area (Å²) in [6.07, 6.45) is -8.42. The number of carbonyl (C=O) groups excluding carboxylic acids is 1. The van der Waals surface area contributed by atoms with Crippen LogP contribution in [0.25, 0.3) is 0 Å². The second-order valence-electron chi connectivity index (χ2n) is 4.37. The van der Waals surface area contributed by atoms with Gasteiger partial charge in [0.1, 0.15) is 24.4 Å². The van der Waals surface area contributed by atoms with E-state index in [0.29, 0.717) is 0 Å². The second kappa shape index (κ2) is 7.13. The molecule has 19 heavy (non-hydrogen) atoms. The zero-order valence-corrected chi connectivity index (χ0v) is 10.5. The molecule has 112 valence electrons. The molecule has 0 saturated carbocycles. The van der Waals surface area contributed by atoms with Crippen molar-refractivity contribution in [3.8, 4) is 0 Å². The highest BCUT2D eigenvalue weighted by atomic mass is 16.6. The maximum Gasteiger partial charge on any atom is 0.335 e. The van der Waals surface area contributed by atoms with E-state index in [0.717, 1.165) is 0 Å². The van der Waals surface area contributed by atoms with Crippen molar-refractivity contribution < 1.29 is 39.8 Å². The minimum atomic E-state index is -1.52. The lowest BCUT2D eigenvalue weighted by Crippen LogP contribution is -2.59. The molecule has 1 aliphatic heterocycles. The Kier molecular flexibility index (Phi) is 6.11. The van der Waals surface area contributed by atoms with Crippen LogP contribution in [0.1, 0.15) is 13.3 Å². The predicted molar refractivity (Wildman–Crippen MR) is 61.0 cm³/mol. The first-order chi connectivity index (χ1) is 8.92.